The molecule has 17 heavy (non-hydrogen) atoms. The van der Waals surface area contributed by atoms with E-state index in [1.165, 1.54) is 7.11 Å². The molecule has 4 heteroatoms. The highest BCUT2D eigenvalue weighted by Gasteiger charge is 2.03. The Labute approximate surface area is 103 Å². The molecule has 0 aliphatic heterocycles. The van der Waals surface area contributed by atoms with Crippen LogP contribution in [0.5, 0.6) is 0 Å². The predicted octanol–water partition coefficient (Wildman–Crippen LogP) is 3.29. The first kappa shape index (κ1) is 11.5. The van der Waals surface area contributed by atoms with Gasteiger partial charge in [0, 0.05) is 11.1 Å². The molecule has 0 unspecified atom stereocenters. The summed E-state index contributed by atoms with van der Waals surface area (Å²) in [7, 11) is 1.37. The van der Waals surface area contributed by atoms with Crippen LogP contribution in [0, 0.1) is 0 Å². The molecular weight excluding hydrogens is 234 g/mol. The Balaban J connectivity index is 2.11. The van der Waals surface area contributed by atoms with Gasteiger partial charge in [-0.3, -0.25) is 4.99 Å². The van der Waals surface area contributed by atoms with Gasteiger partial charge >= 0.3 is 5.97 Å². The van der Waals surface area contributed by atoms with Crippen LogP contribution < -0.4 is 0 Å². The summed E-state index contributed by atoms with van der Waals surface area (Å²) in [5, 5.41) is 2.00. The van der Waals surface area contributed by atoms with Crippen LogP contribution >= 0.6 is 11.3 Å². The number of rotatable bonds is 3. The van der Waals surface area contributed by atoms with Crippen LogP contribution in [0.15, 0.2) is 46.8 Å². The van der Waals surface area contributed by atoms with Crippen molar-refractivity contribution in [1.82, 2.24) is 0 Å². The second-order valence-corrected chi connectivity index (χ2v) is 4.29. The molecule has 0 atom stereocenters. The highest BCUT2D eigenvalue weighted by atomic mass is 32.1. The standard InChI is InChI=1S/C13H11NO2S/c1-16-13(15)10-4-6-11(7-5-10)14-9-12-3-2-8-17-12/h2-9H,1H3. The summed E-state index contributed by atoms with van der Waals surface area (Å²) in [6.45, 7) is 0. The van der Waals surface area contributed by atoms with Crippen molar-refractivity contribution in [3.05, 3.63) is 52.2 Å². The maximum atomic E-state index is 11.2. The fourth-order valence-electron chi connectivity index (χ4n) is 1.30. The van der Waals surface area contributed by atoms with Crippen LogP contribution in [-0.4, -0.2) is 19.3 Å². The second-order valence-electron chi connectivity index (χ2n) is 3.31. The van der Waals surface area contributed by atoms with E-state index in [0.29, 0.717) is 5.56 Å². The topological polar surface area (TPSA) is 38.7 Å². The van der Waals surface area contributed by atoms with Gasteiger partial charge in [0.25, 0.3) is 0 Å². The van der Waals surface area contributed by atoms with Gasteiger partial charge in [-0.1, -0.05) is 6.07 Å². The minimum Gasteiger partial charge on any atom is -0.465 e. The molecule has 2 rings (SSSR count). The number of ether oxygens (including phenoxy) is 1. The number of thiophene rings is 1. The van der Waals surface area contributed by atoms with Crippen LogP contribution in [0.25, 0.3) is 0 Å². The Kier molecular flexibility index (Phi) is 3.67. The summed E-state index contributed by atoms with van der Waals surface area (Å²) in [5.74, 6) is -0.334. The Morgan fingerprint density at radius 2 is 2.06 bits per heavy atom. The Hall–Kier alpha value is -1.94. The Bertz CT molecular complexity index is 515. The lowest BCUT2D eigenvalue weighted by Crippen LogP contribution is -1.99. The van der Waals surface area contributed by atoms with Crippen molar-refractivity contribution >= 4 is 29.2 Å². The van der Waals surface area contributed by atoms with Crippen LogP contribution in [0.1, 0.15) is 15.2 Å². The van der Waals surface area contributed by atoms with Crippen molar-refractivity contribution in [1.29, 1.82) is 0 Å². The molecule has 0 N–H and O–H groups in total. The average Bonchev–Trinajstić information content (AvgIpc) is 2.89. The number of hydrogen-bond donors (Lipinski definition) is 0. The zero-order valence-electron chi connectivity index (χ0n) is 9.29. The zero-order valence-corrected chi connectivity index (χ0v) is 10.1. The molecule has 86 valence electrons. The molecule has 1 heterocycles. The van der Waals surface area contributed by atoms with E-state index >= 15 is 0 Å². The molecule has 0 fully saturated rings. The van der Waals surface area contributed by atoms with Crippen LogP contribution in [0.4, 0.5) is 5.69 Å². The van der Waals surface area contributed by atoms with Crippen molar-refractivity contribution in [3.8, 4) is 0 Å². The maximum absolute atomic E-state index is 11.2. The van der Waals surface area contributed by atoms with Gasteiger partial charge in [-0.2, -0.15) is 0 Å². The van der Waals surface area contributed by atoms with Gasteiger partial charge in [0.2, 0.25) is 0 Å². The molecule has 0 aliphatic rings. The van der Waals surface area contributed by atoms with E-state index in [9.17, 15) is 4.79 Å². The summed E-state index contributed by atoms with van der Waals surface area (Å²) in [6, 6.07) is 11.0. The van der Waals surface area contributed by atoms with Crippen molar-refractivity contribution in [2.75, 3.05) is 7.11 Å². The lowest BCUT2D eigenvalue weighted by Gasteiger charge is -1.98. The largest absolute Gasteiger partial charge is 0.465 e. The molecule has 3 nitrogen and oxygen atoms in total. The fourth-order valence-corrected chi connectivity index (χ4v) is 1.89. The van der Waals surface area contributed by atoms with Crippen LogP contribution in [0.3, 0.4) is 0 Å². The molecule has 0 saturated heterocycles. The molecule has 0 aliphatic carbocycles. The van der Waals surface area contributed by atoms with E-state index < -0.39 is 0 Å². The number of methoxy groups -OCH3 is 1. The van der Waals surface area contributed by atoms with E-state index in [1.807, 2.05) is 17.5 Å². The van der Waals surface area contributed by atoms with E-state index in [1.54, 1.807) is 41.8 Å². The molecule has 0 radical (unpaired) electrons. The molecule has 0 amide bonds. The van der Waals surface area contributed by atoms with Crippen molar-refractivity contribution < 1.29 is 9.53 Å². The molecule has 1 aromatic carbocycles. The molecule has 1 aromatic heterocycles. The number of carbonyl (C=O) groups excluding carboxylic acids is 1. The van der Waals surface area contributed by atoms with E-state index in [-0.39, 0.29) is 5.97 Å². The van der Waals surface area contributed by atoms with E-state index in [0.717, 1.165) is 10.6 Å². The third kappa shape index (κ3) is 3.01. The summed E-state index contributed by atoms with van der Waals surface area (Å²) in [6.07, 6.45) is 1.80. The van der Waals surface area contributed by atoms with Gasteiger partial charge in [0.05, 0.1) is 18.4 Å². The zero-order chi connectivity index (χ0) is 12.1. The third-order valence-electron chi connectivity index (χ3n) is 2.17. The Morgan fingerprint density at radius 1 is 1.29 bits per heavy atom. The van der Waals surface area contributed by atoms with Crippen LogP contribution in [0.2, 0.25) is 0 Å². The van der Waals surface area contributed by atoms with Gasteiger partial charge in [-0.15, -0.1) is 11.3 Å². The Morgan fingerprint density at radius 3 is 2.65 bits per heavy atom. The van der Waals surface area contributed by atoms with Gasteiger partial charge in [-0.05, 0) is 35.7 Å². The fraction of sp³-hybridized carbons (Fsp3) is 0.0769. The molecular formula is C13H11NO2S. The lowest BCUT2D eigenvalue weighted by molar-refractivity contribution is 0.0601. The number of carbonyl (C=O) groups is 1. The summed E-state index contributed by atoms with van der Waals surface area (Å²) < 4.78 is 4.62. The van der Waals surface area contributed by atoms with Crippen molar-refractivity contribution in [2.24, 2.45) is 4.99 Å². The summed E-state index contributed by atoms with van der Waals surface area (Å²) in [4.78, 5) is 16.6. The molecule has 0 saturated carbocycles. The molecule has 2 aromatic rings. The van der Waals surface area contributed by atoms with E-state index in [2.05, 4.69) is 9.73 Å². The van der Waals surface area contributed by atoms with Gasteiger partial charge in [0.1, 0.15) is 0 Å². The number of hydrogen-bond acceptors (Lipinski definition) is 4. The number of esters is 1. The minimum atomic E-state index is -0.334. The normalized spacial score (nSPS) is 10.6. The van der Waals surface area contributed by atoms with Crippen molar-refractivity contribution in [2.45, 2.75) is 0 Å². The first-order chi connectivity index (χ1) is 8.29. The quantitative estimate of drug-likeness (QED) is 0.615. The van der Waals surface area contributed by atoms with Gasteiger partial charge in [-0.25, -0.2) is 4.79 Å². The highest BCUT2D eigenvalue weighted by molar-refractivity contribution is 7.11. The van der Waals surface area contributed by atoms with Gasteiger partial charge in [0.15, 0.2) is 0 Å². The lowest BCUT2D eigenvalue weighted by atomic mass is 10.2. The average molecular weight is 245 g/mol. The number of nitrogens with zero attached hydrogens (tertiary/aromatic N) is 1. The minimum absolute atomic E-state index is 0.334. The third-order valence-corrected chi connectivity index (χ3v) is 2.98. The SMILES string of the molecule is COC(=O)c1ccc(N=Cc2cccs2)cc1. The first-order valence-corrected chi connectivity index (χ1v) is 5.93. The first-order valence-electron chi connectivity index (χ1n) is 5.05. The van der Waals surface area contributed by atoms with E-state index in [4.69, 9.17) is 0 Å². The van der Waals surface area contributed by atoms with Crippen molar-refractivity contribution in [3.63, 3.8) is 0 Å². The monoisotopic (exact) mass is 245 g/mol. The molecule has 0 spiro atoms. The summed E-state index contributed by atoms with van der Waals surface area (Å²) in [5.41, 5.74) is 1.34. The number of aliphatic imine (C=N–C) groups is 1. The predicted molar refractivity (Wildman–Crippen MR) is 69.4 cm³/mol. The smallest absolute Gasteiger partial charge is 0.337 e. The second kappa shape index (κ2) is 5.41. The van der Waals surface area contributed by atoms with Crippen LogP contribution in [-0.2, 0) is 4.74 Å². The highest BCUT2D eigenvalue weighted by Crippen LogP contribution is 2.14. The number of benzene rings is 1. The maximum Gasteiger partial charge on any atom is 0.337 e. The molecule has 0 bridgehead atoms. The van der Waals surface area contributed by atoms with Gasteiger partial charge < -0.3 is 4.74 Å². The summed E-state index contributed by atoms with van der Waals surface area (Å²) >= 11 is 1.63.